The molecule has 0 aliphatic carbocycles. The van der Waals surface area contributed by atoms with E-state index in [1.807, 2.05) is 0 Å². The van der Waals surface area contributed by atoms with Crippen molar-refractivity contribution in [2.75, 3.05) is 22.6 Å². The SMILES string of the molecule is BrCCBr.O=C1CCC(N2C(=O)c3ccc(O)cc3C2=O)C(=O)N1.O=C1CCC(N2C(=O)c3ccc(OCCBr)cc3C2=O)C(=O)N1. The summed E-state index contributed by atoms with van der Waals surface area (Å²) < 4.78 is 5.43. The third kappa shape index (κ3) is 7.79. The third-order valence-electron chi connectivity index (χ3n) is 7.25. The van der Waals surface area contributed by atoms with Crippen LogP contribution in [0, 0.1) is 0 Å². The molecule has 2 saturated heterocycles. The van der Waals surface area contributed by atoms with Crippen molar-refractivity contribution in [1.29, 1.82) is 0 Å². The highest BCUT2D eigenvalue weighted by Gasteiger charge is 2.46. The van der Waals surface area contributed by atoms with E-state index in [-0.39, 0.29) is 53.7 Å². The number of nitrogens with one attached hydrogen (secondary N) is 2. The zero-order valence-electron chi connectivity index (χ0n) is 24.4. The lowest BCUT2D eigenvalue weighted by Gasteiger charge is -2.27. The zero-order chi connectivity index (χ0) is 34.4. The molecule has 2 atom stereocenters. The average Bonchev–Trinajstić information content (AvgIpc) is 3.43. The van der Waals surface area contributed by atoms with Crippen LogP contribution in [0.15, 0.2) is 36.4 Å². The topological polar surface area (TPSA) is 197 Å². The number of phenols is 1. The molecule has 17 heteroatoms. The van der Waals surface area contributed by atoms with Crippen molar-refractivity contribution >= 4 is 95.0 Å². The first-order valence-electron chi connectivity index (χ1n) is 14.1. The van der Waals surface area contributed by atoms with Gasteiger partial charge in [0.05, 0.1) is 28.9 Å². The van der Waals surface area contributed by atoms with E-state index >= 15 is 0 Å². The summed E-state index contributed by atoms with van der Waals surface area (Å²) in [4.78, 5) is 97.2. The molecule has 2 aromatic carbocycles. The maximum absolute atomic E-state index is 12.5. The fraction of sp³-hybridized carbons (Fsp3) is 0.333. The third-order valence-corrected chi connectivity index (χ3v) is 9.43. The van der Waals surface area contributed by atoms with E-state index in [1.54, 1.807) is 6.07 Å². The largest absolute Gasteiger partial charge is 0.508 e. The summed E-state index contributed by atoms with van der Waals surface area (Å²) in [5, 5.41) is 16.4. The Morgan fingerprint density at radius 1 is 0.638 bits per heavy atom. The van der Waals surface area contributed by atoms with Gasteiger partial charge in [-0.15, -0.1) is 0 Å². The van der Waals surface area contributed by atoms with Crippen molar-refractivity contribution < 1.29 is 48.2 Å². The summed E-state index contributed by atoms with van der Waals surface area (Å²) in [5.41, 5.74) is 0.676. The monoisotopic (exact) mass is 840 g/mol. The Hall–Kier alpha value is -3.96. The lowest BCUT2D eigenvalue weighted by Crippen LogP contribution is -2.54. The van der Waals surface area contributed by atoms with Crippen LogP contribution in [0.4, 0.5) is 0 Å². The second kappa shape index (κ2) is 15.8. The molecule has 248 valence electrons. The minimum absolute atomic E-state index is 0.0692. The number of halogens is 3. The first-order chi connectivity index (χ1) is 22.4. The van der Waals surface area contributed by atoms with E-state index in [4.69, 9.17) is 4.74 Å². The molecule has 2 fully saturated rings. The Balaban J connectivity index is 0.000000193. The minimum atomic E-state index is -0.984. The number of fused-ring (bicyclic) bond motifs is 2. The Morgan fingerprint density at radius 3 is 1.53 bits per heavy atom. The van der Waals surface area contributed by atoms with E-state index in [1.165, 1.54) is 30.3 Å². The van der Waals surface area contributed by atoms with Gasteiger partial charge in [-0.2, -0.15) is 0 Å². The van der Waals surface area contributed by atoms with Gasteiger partial charge in [-0.05, 0) is 49.2 Å². The first-order valence-corrected chi connectivity index (χ1v) is 17.5. The smallest absolute Gasteiger partial charge is 0.262 e. The lowest BCUT2D eigenvalue weighted by molar-refractivity contribution is -0.137. The van der Waals surface area contributed by atoms with Gasteiger partial charge >= 0.3 is 0 Å². The maximum Gasteiger partial charge on any atom is 0.262 e. The highest BCUT2D eigenvalue weighted by molar-refractivity contribution is 9.12. The molecule has 4 heterocycles. The second-order valence-electron chi connectivity index (χ2n) is 10.2. The van der Waals surface area contributed by atoms with Crippen LogP contribution in [-0.4, -0.2) is 96.8 Å². The number of amides is 8. The summed E-state index contributed by atoms with van der Waals surface area (Å²) in [6, 6.07) is 6.54. The second-order valence-corrected chi connectivity index (χ2v) is 12.6. The Morgan fingerprint density at radius 2 is 1.09 bits per heavy atom. The van der Waals surface area contributed by atoms with Crippen LogP contribution in [0.1, 0.15) is 67.1 Å². The van der Waals surface area contributed by atoms with Crippen molar-refractivity contribution in [1.82, 2.24) is 20.4 Å². The maximum atomic E-state index is 12.5. The molecule has 6 rings (SSSR count). The van der Waals surface area contributed by atoms with Gasteiger partial charge in [-0.1, -0.05) is 47.8 Å². The van der Waals surface area contributed by atoms with Crippen molar-refractivity contribution in [3.63, 3.8) is 0 Å². The fourth-order valence-corrected chi connectivity index (χ4v) is 5.32. The van der Waals surface area contributed by atoms with Gasteiger partial charge in [0.15, 0.2) is 0 Å². The van der Waals surface area contributed by atoms with Crippen molar-refractivity contribution in [3.8, 4) is 11.5 Å². The van der Waals surface area contributed by atoms with Crippen molar-refractivity contribution in [2.24, 2.45) is 0 Å². The van der Waals surface area contributed by atoms with Gasteiger partial charge in [0.1, 0.15) is 23.6 Å². The molecule has 2 unspecified atom stereocenters. The van der Waals surface area contributed by atoms with Gasteiger partial charge in [0.2, 0.25) is 23.6 Å². The van der Waals surface area contributed by atoms with E-state index < -0.39 is 59.3 Å². The van der Waals surface area contributed by atoms with Gasteiger partial charge < -0.3 is 9.84 Å². The van der Waals surface area contributed by atoms with Gasteiger partial charge in [-0.3, -0.25) is 58.8 Å². The van der Waals surface area contributed by atoms with E-state index in [0.29, 0.717) is 17.7 Å². The van der Waals surface area contributed by atoms with Crippen LogP contribution >= 0.6 is 47.8 Å². The number of piperidine rings is 2. The van der Waals surface area contributed by atoms with Gasteiger partial charge in [0, 0.05) is 28.8 Å². The Labute approximate surface area is 292 Å². The molecule has 2 aromatic rings. The molecule has 0 spiro atoms. The molecule has 0 saturated carbocycles. The first kappa shape index (κ1) is 35.9. The molecular formula is C30H27Br3N4O10. The van der Waals surface area contributed by atoms with Crippen LogP contribution in [0.3, 0.4) is 0 Å². The molecular weight excluding hydrogens is 816 g/mol. The molecule has 3 N–H and O–H groups in total. The van der Waals surface area contributed by atoms with Gasteiger partial charge in [-0.25, -0.2) is 0 Å². The standard InChI is InChI=1S/C15H13BrN2O5.C13H10N2O5.C2H4Br2/c16-5-6-23-8-1-2-9-10(7-8)15(22)18(14(9)21)11-3-4-12(19)17-13(11)20;16-6-1-2-7-8(5-6)13(20)15(12(7)19)9-3-4-10(17)14-11(9)18;3-1-2-4/h1-2,7,11H,3-6H2,(H,17,19,20);1-2,5,9,16H,3-4H2,(H,14,17,18);1-2H2. The van der Waals surface area contributed by atoms with Crippen LogP contribution in [0.25, 0.3) is 0 Å². The predicted molar refractivity (Wildman–Crippen MR) is 175 cm³/mol. The number of ether oxygens (including phenoxy) is 1. The number of imide groups is 4. The number of phenolic OH excluding ortho intramolecular Hbond substituents is 1. The van der Waals surface area contributed by atoms with Crippen LogP contribution in [0.5, 0.6) is 11.5 Å². The Kier molecular flexibility index (Phi) is 12.0. The zero-order valence-corrected chi connectivity index (χ0v) is 29.2. The van der Waals surface area contributed by atoms with Crippen LogP contribution in [-0.2, 0) is 19.2 Å². The van der Waals surface area contributed by atoms with E-state index in [0.717, 1.165) is 20.5 Å². The van der Waals surface area contributed by atoms with Crippen LogP contribution < -0.4 is 15.4 Å². The highest BCUT2D eigenvalue weighted by Crippen LogP contribution is 2.31. The molecule has 0 bridgehead atoms. The molecule has 14 nitrogen and oxygen atoms in total. The molecule has 47 heavy (non-hydrogen) atoms. The number of hydrogen-bond acceptors (Lipinski definition) is 10. The summed E-state index contributed by atoms with van der Waals surface area (Å²) in [6.45, 7) is 0.428. The average molecular weight is 843 g/mol. The minimum Gasteiger partial charge on any atom is -0.508 e. The molecule has 8 amide bonds. The summed E-state index contributed by atoms with van der Waals surface area (Å²) in [5.74, 6) is -4.00. The van der Waals surface area contributed by atoms with Crippen molar-refractivity contribution in [3.05, 3.63) is 58.7 Å². The molecule has 4 aliphatic heterocycles. The number of alkyl halides is 3. The number of carbonyl (C=O) groups excluding carboxylic acids is 8. The molecule has 4 aliphatic rings. The van der Waals surface area contributed by atoms with Crippen LogP contribution in [0.2, 0.25) is 0 Å². The number of rotatable bonds is 6. The number of nitrogens with zero attached hydrogens (tertiary/aromatic N) is 2. The lowest BCUT2D eigenvalue weighted by atomic mass is 10.0. The molecule has 0 aromatic heterocycles. The van der Waals surface area contributed by atoms with Gasteiger partial charge in [0.25, 0.3) is 23.6 Å². The summed E-state index contributed by atoms with van der Waals surface area (Å²) in [7, 11) is 0. The Bertz CT molecular complexity index is 1660. The number of hydrogen-bond donors (Lipinski definition) is 3. The summed E-state index contributed by atoms with van der Waals surface area (Å²) in [6.07, 6.45) is 0.434. The number of carbonyl (C=O) groups is 8. The molecule has 0 radical (unpaired) electrons. The predicted octanol–water partition coefficient (Wildman–Crippen LogP) is 2.43. The highest BCUT2D eigenvalue weighted by atomic mass is 79.9. The summed E-state index contributed by atoms with van der Waals surface area (Å²) >= 11 is 9.64. The van der Waals surface area contributed by atoms with E-state index in [9.17, 15) is 43.5 Å². The number of benzene rings is 2. The van der Waals surface area contributed by atoms with Crippen molar-refractivity contribution in [2.45, 2.75) is 37.8 Å². The normalized spacial score (nSPS) is 20.1. The van der Waals surface area contributed by atoms with E-state index in [2.05, 4.69) is 58.4 Å². The number of aromatic hydroxyl groups is 1. The quantitative estimate of drug-likeness (QED) is 0.287. The fourth-order valence-electron chi connectivity index (χ4n) is 5.16.